The molecule has 2 aromatic rings. The highest BCUT2D eigenvalue weighted by Crippen LogP contribution is 2.56. The van der Waals surface area contributed by atoms with Crippen LogP contribution in [0.25, 0.3) is 0 Å². The summed E-state index contributed by atoms with van der Waals surface area (Å²) in [6.45, 7) is 6.55. The molecule has 0 unspecified atom stereocenters. The minimum absolute atomic E-state index is 0.0572. The Labute approximate surface area is 151 Å². The SMILES string of the molecule is C=COc1ccc(C(c2ccc(OC=C)cc2)(C(F)(F)F)C(F)(F)F)cc1. The van der Waals surface area contributed by atoms with Crippen LogP contribution in [0.2, 0.25) is 0 Å². The van der Waals surface area contributed by atoms with E-state index in [4.69, 9.17) is 9.47 Å². The minimum atomic E-state index is -5.66. The van der Waals surface area contributed by atoms with Gasteiger partial charge in [0.2, 0.25) is 5.41 Å². The molecule has 144 valence electrons. The van der Waals surface area contributed by atoms with Gasteiger partial charge in [0.15, 0.2) is 0 Å². The van der Waals surface area contributed by atoms with Crippen molar-refractivity contribution in [1.29, 1.82) is 0 Å². The molecular formula is C19H14F6O2. The summed E-state index contributed by atoms with van der Waals surface area (Å²) in [5, 5.41) is 0. The van der Waals surface area contributed by atoms with E-state index in [1.54, 1.807) is 0 Å². The summed E-state index contributed by atoms with van der Waals surface area (Å²) in [5.74, 6) is 0.114. The van der Waals surface area contributed by atoms with E-state index >= 15 is 0 Å². The molecule has 27 heavy (non-hydrogen) atoms. The van der Waals surface area contributed by atoms with Crippen molar-refractivity contribution in [2.24, 2.45) is 0 Å². The van der Waals surface area contributed by atoms with Gasteiger partial charge < -0.3 is 9.47 Å². The molecule has 0 spiro atoms. The van der Waals surface area contributed by atoms with Crippen molar-refractivity contribution in [3.8, 4) is 11.5 Å². The van der Waals surface area contributed by atoms with E-state index in [0.717, 1.165) is 61.1 Å². The minimum Gasteiger partial charge on any atom is -0.466 e. The van der Waals surface area contributed by atoms with Crippen molar-refractivity contribution in [3.63, 3.8) is 0 Å². The highest BCUT2D eigenvalue weighted by atomic mass is 19.4. The van der Waals surface area contributed by atoms with E-state index in [2.05, 4.69) is 13.2 Å². The molecule has 0 radical (unpaired) electrons. The molecule has 0 fully saturated rings. The number of halogens is 6. The first-order chi connectivity index (χ1) is 12.6. The van der Waals surface area contributed by atoms with Gasteiger partial charge in [0.1, 0.15) is 11.5 Å². The summed E-state index contributed by atoms with van der Waals surface area (Å²) in [7, 11) is 0. The van der Waals surface area contributed by atoms with Gasteiger partial charge in [-0.1, -0.05) is 37.4 Å². The molecule has 2 rings (SSSR count). The smallest absolute Gasteiger partial charge is 0.411 e. The normalized spacial score (nSPS) is 12.4. The molecule has 2 nitrogen and oxygen atoms in total. The summed E-state index contributed by atoms with van der Waals surface area (Å²) < 4.78 is 93.3. The van der Waals surface area contributed by atoms with Crippen LogP contribution < -0.4 is 9.47 Å². The van der Waals surface area contributed by atoms with E-state index in [9.17, 15) is 26.3 Å². The Kier molecular flexibility index (Phi) is 5.58. The fourth-order valence-electron chi connectivity index (χ4n) is 2.74. The van der Waals surface area contributed by atoms with Gasteiger partial charge in [-0.05, 0) is 35.4 Å². The summed E-state index contributed by atoms with van der Waals surface area (Å²) in [6, 6.07) is 6.97. The number of hydrogen-bond donors (Lipinski definition) is 0. The van der Waals surface area contributed by atoms with Crippen molar-refractivity contribution < 1.29 is 35.8 Å². The monoisotopic (exact) mass is 388 g/mol. The van der Waals surface area contributed by atoms with Gasteiger partial charge in [-0.25, -0.2) is 0 Å². The second-order valence-electron chi connectivity index (χ2n) is 5.36. The number of rotatable bonds is 6. The van der Waals surface area contributed by atoms with E-state index in [-0.39, 0.29) is 11.5 Å². The highest BCUT2D eigenvalue weighted by Gasteiger charge is 2.72. The third-order valence-electron chi connectivity index (χ3n) is 3.86. The van der Waals surface area contributed by atoms with E-state index in [1.165, 1.54) is 0 Å². The summed E-state index contributed by atoms with van der Waals surface area (Å²) in [4.78, 5) is 0. The maximum Gasteiger partial charge on any atom is 0.411 e. The lowest BCUT2D eigenvalue weighted by atomic mass is 9.73. The molecule has 0 saturated heterocycles. The first kappa shape index (κ1) is 20.4. The fourth-order valence-corrected chi connectivity index (χ4v) is 2.74. The molecule has 0 atom stereocenters. The third kappa shape index (κ3) is 3.65. The summed E-state index contributed by atoms with van der Waals surface area (Å²) in [5.41, 5.74) is -6.20. The quantitative estimate of drug-likeness (QED) is 0.437. The van der Waals surface area contributed by atoms with Gasteiger partial charge >= 0.3 is 12.4 Å². The van der Waals surface area contributed by atoms with Crippen LogP contribution in [0.3, 0.4) is 0 Å². The molecule has 0 aromatic heterocycles. The molecule has 0 aliphatic heterocycles. The topological polar surface area (TPSA) is 18.5 Å². The largest absolute Gasteiger partial charge is 0.466 e. The Bertz CT molecular complexity index is 719. The van der Waals surface area contributed by atoms with E-state index < -0.39 is 28.9 Å². The van der Waals surface area contributed by atoms with Crippen LogP contribution in [0, 0.1) is 0 Å². The molecule has 0 bridgehead atoms. The van der Waals surface area contributed by atoms with Crippen LogP contribution in [-0.2, 0) is 5.41 Å². The summed E-state index contributed by atoms with van der Waals surface area (Å²) in [6.07, 6.45) is -9.30. The second-order valence-corrected chi connectivity index (χ2v) is 5.36. The lowest BCUT2D eigenvalue weighted by Gasteiger charge is -2.38. The molecule has 0 aliphatic rings. The standard InChI is InChI=1S/C19H14F6O2/c1-3-26-15-9-5-13(6-10-15)17(18(20,21)22,19(23,24)25)14-7-11-16(12-8-14)27-4-2/h3-12H,1-2H2. The van der Waals surface area contributed by atoms with Crippen molar-refractivity contribution in [2.75, 3.05) is 0 Å². The zero-order valence-corrected chi connectivity index (χ0v) is 13.8. The van der Waals surface area contributed by atoms with Crippen LogP contribution in [0.4, 0.5) is 26.3 Å². The molecule has 8 heteroatoms. The fraction of sp³-hybridized carbons (Fsp3) is 0.158. The lowest BCUT2D eigenvalue weighted by molar-refractivity contribution is -0.288. The summed E-state index contributed by atoms with van der Waals surface area (Å²) >= 11 is 0. The van der Waals surface area contributed by atoms with E-state index in [0.29, 0.717) is 0 Å². The molecule has 0 aliphatic carbocycles. The Morgan fingerprint density at radius 3 is 1.11 bits per heavy atom. The van der Waals surface area contributed by atoms with Crippen LogP contribution in [0.1, 0.15) is 11.1 Å². The highest BCUT2D eigenvalue weighted by molar-refractivity contribution is 5.47. The average molecular weight is 388 g/mol. The first-order valence-corrected chi connectivity index (χ1v) is 7.47. The number of hydrogen-bond acceptors (Lipinski definition) is 2. The van der Waals surface area contributed by atoms with Crippen LogP contribution in [-0.4, -0.2) is 12.4 Å². The van der Waals surface area contributed by atoms with Crippen molar-refractivity contribution in [3.05, 3.63) is 85.3 Å². The molecule has 0 amide bonds. The van der Waals surface area contributed by atoms with Crippen molar-refractivity contribution in [2.45, 2.75) is 17.8 Å². The third-order valence-corrected chi connectivity index (χ3v) is 3.86. The zero-order valence-electron chi connectivity index (χ0n) is 13.8. The van der Waals surface area contributed by atoms with Crippen molar-refractivity contribution >= 4 is 0 Å². The van der Waals surface area contributed by atoms with Gasteiger partial charge in [-0.15, -0.1) is 0 Å². The lowest BCUT2D eigenvalue weighted by Crippen LogP contribution is -2.54. The van der Waals surface area contributed by atoms with E-state index in [1.807, 2.05) is 0 Å². The Balaban J connectivity index is 2.74. The number of alkyl halides is 6. The Morgan fingerprint density at radius 1 is 0.593 bits per heavy atom. The second kappa shape index (κ2) is 7.38. The van der Waals surface area contributed by atoms with Crippen LogP contribution in [0.15, 0.2) is 74.2 Å². The van der Waals surface area contributed by atoms with Crippen LogP contribution >= 0.6 is 0 Å². The maximum atomic E-state index is 13.9. The molecule has 0 saturated carbocycles. The molecule has 0 N–H and O–H groups in total. The maximum absolute atomic E-state index is 13.9. The van der Waals surface area contributed by atoms with Gasteiger partial charge in [0, 0.05) is 0 Å². The Hall–Kier alpha value is -2.90. The first-order valence-electron chi connectivity index (χ1n) is 7.47. The Morgan fingerprint density at radius 2 is 0.889 bits per heavy atom. The van der Waals surface area contributed by atoms with Crippen molar-refractivity contribution in [1.82, 2.24) is 0 Å². The number of ether oxygens (including phenoxy) is 2. The predicted molar refractivity (Wildman–Crippen MR) is 87.4 cm³/mol. The van der Waals surface area contributed by atoms with Gasteiger partial charge in [-0.3, -0.25) is 0 Å². The molecule has 0 heterocycles. The van der Waals surface area contributed by atoms with Gasteiger partial charge in [-0.2, -0.15) is 26.3 Å². The average Bonchev–Trinajstić information content (AvgIpc) is 2.56. The van der Waals surface area contributed by atoms with Crippen LogP contribution in [0.5, 0.6) is 11.5 Å². The molecule has 2 aromatic carbocycles. The number of benzene rings is 2. The zero-order chi connectivity index (χ0) is 20.3. The van der Waals surface area contributed by atoms with Gasteiger partial charge in [0.25, 0.3) is 0 Å². The predicted octanol–water partition coefficient (Wildman–Crippen LogP) is 6.14. The van der Waals surface area contributed by atoms with Gasteiger partial charge in [0.05, 0.1) is 12.5 Å². The molecular weight excluding hydrogens is 374 g/mol.